The second kappa shape index (κ2) is 6.74. The van der Waals surface area contributed by atoms with Gasteiger partial charge in [0.05, 0.1) is 0 Å². The predicted molar refractivity (Wildman–Crippen MR) is 82.4 cm³/mol. The summed E-state index contributed by atoms with van der Waals surface area (Å²) in [6, 6.07) is 8.62. The van der Waals surface area contributed by atoms with Crippen molar-refractivity contribution in [1.29, 1.82) is 0 Å². The van der Waals surface area contributed by atoms with Gasteiger partial charge in [-0.15, -0.1) is 0 Å². The van der Waals surface area contributed by atoms with E-state index in [4.69, 9.17) is 17.3 Å². The summed E-state index contributed by atoms with van der Waals surface area (Å²) in [6.45, 7) is 6.87. The van der Waals surface area contributed by atoms with E-state index in [-0.39, 0.29) is 6.04 Å². The van der Waals surface area contributed by atoms with Crippen LogP contribution in [0, 0.1) is 5.92 Å². The maximum absolute atomic E-state index is 6.27. The SMILES string of the molecule is CC(C)N(CCC(N)c1ccc(Cl)cc1)CC1CC1. The molecule has 0 radical (unpaired) electrons. The fourth-order valence-electron chi connectivity index (χ4n) is 2.37. The molecular weight excluding hydrogens is 256 g/mol. The Kier molecular flexibility index (Phi) is 5.26. The molecule has 1 unspecified atom stereocenters. The average Bonchev–Trinajstić information content (AvgIpc) is 3.18. The smallest absolute Gasteiger partial charge is 0.0406 e. The van der Waals surface area contributed by atoms with Crippen molar-refractivity contribution < 1.29 is 0 Å². The minimum absolute atomic E-state index is 0.109. The van der Waals surface area contributed by atoms with Gasteiger partial charge in [-0.2, -0.15) is 0 Å². The third kappa shape index (κ3) is 4.79. The van der Waals surface area contributed by atoms with Crippen molar-refractivity contribution in [3.05, 3.63) is 34.9 Å². The van der Waals surface area contributed by atoms with Gasteiger partial charge >= 0.3 is 0 Å². The van der Waals surface area contributed by atoms with Gasteiger partial charge in [-0.25, -0.2) is 0 Å². The van der Waals surface area contributed by atoms with Crippen molar-refractivity contribution in [3.8, 4) is 0 Å². The molecule has 1 aliphatic rings. The van der Waals surface area contributed by atoms with Gasteiger partial charge in [0.1, 0.15) is 0 Å². The van der Waals surface area contributed by atoms with Crippen LogP contribution >= 0.6 is 11.6 Å². The first-order chi connectivity index (χ1) is 9.06. The molecule has 1 fully saturated rings. The van der Waals surface area contributed by atoms with E-state index < -0.39 is 0 Å². The number of hydrogen-bond donors (Lipinski definition) is 1. The minimum atomic E-state index is 0.109. The molecule has 0 bridgehead atoms. The molecule has 0 aliphatic heterocycles. The van der Waals surface area contributed by atoms with Crippen molar-refractivity contribution in [2.75, 3.05) is 13.1 Å². The van der Waals surface area contributed by atoms with Crippen LogP contribution in [0.3, 0.4) is 0 Å². The van der Waals surface area contributed by atoms with E-state index >= 15 is 0 Å². The number of nitrogens with two attached hydrogens (primary N) is 1. The zero-order chi connectivity index (χ0) is 13.8. The summed E-state index contributed by atoms with van der Waals surface area (Å²) >= 11 is 5.90. The molecule has 0 aromatic heterocycles. The third-order valence-electron chi connectivity index (χ3n) is 3.95. The summed E-state index contributed by atoms with van der Waals surface area (Å²) in [6.07, 6.45) is 3.82. The van der Waals surface area contributed by atoms with Crippen LogP contribution in [0.2, 0.25) is 5.02 Å². The summed E-state index contributed by atoms with van der Waals surface area (Å²) in [7, 11) is 0. The molecule has 3 heteroatoms. The molecule has 1 aromatic carbocycles. The monoisotopic (exact) mass is 280 g/mol. The van der Waals surface area contributed by atoms with Crippen LogP contribution in [0.4, 0.5) is 0 Å². The highest BCUT2D eigenvalue weighted by Crippen LogP contribution is 2.30. The lowest BCUT2D eigenvalue weighted by Crippen LogP contribution is -2.35. The summed E-state index contributed by atoms with van der Waals surface area (Å²) < 4.78 is 0. The molecule has 2 N–H and O–H groups in total. The van der Waals surface area contributed by atoms with Crippen LogP contribution < -0.4 is 5.73 Å². The van der Waals surface area contributed by atoms with E-state index in [2.05, 4.69) is 18.7 Å². The van der Waals surface area contributed by atoms with E-state index in [9.17, 15) is 0 Å². The van der Waals surface area contributed by atoms with Crippen molar-refractivity contribution >= 4 is 11.6 Å². The fourth-order valence-corrected chi connectivity index (χ4v) is 2.50. The van der Waals surface area contributed by atoms with Crippen LogP contribution in [-0.4, -0.2) is 24.0 Å². The van der Waals surface area contributed by atoms with Gasteiger partial charge in [-0.1, -0.05) is 23.7 Å². The molecule has 1 aliphatic carbocycles. The Balaban J connectivity index is 1.83. The molecular formula is C16H25ClN2. The predicted octanol–water partition coefficient (Wildman–Crippen LogP) is 3.85. The Morgan fingerprint density at radius 3 is 2.42 bits per heavy atom. The van der Waals surface area contributed by atoms with Crippen molar-refractivity contribution in [1.82, 2.24) is 4.90 Å². The second-order valence-corrected chi connectivity index (χ2v) is 6.42. The lowest BCUT2D eigenvalue weighted by Gasteiger charge is -2.27. The van der Waals surface area contributed by atoms with E-state index in [0.29, 0.717) is 6.04 Å². The van der Waals surface area contributed by atoms with Crippen molar-refractivity contribution in [3.63, 3.8) is 0 Å². The number of halogens is 1. The molecule has 0 spiro atoms. The van der Waals surface area contributed by atoms with Crippen LogP contribution in [0.5, 0.6) is 0 Å². The first-order valence-corrected chi connectivity index (χ1v) is 7.69. The van der Waals surface area contributed by atoms with E-state index in [1.54, 1.807) is 0 Å². The molecule has 1 aromatic rings. The Bertz CT molecular complexity index is 384. The largest absolute Gasteiger partial charge is 0.324 e. The van der Waals surface area contributed by atoms with Gasteiger partial charge in [-0.3, -0.25) is 0 Å². The van der Waals surface area contributed by atoms with Crippen LogP contribution in [0.15, 0.2) is 24.3 Å². The fraction of sp³-hybridized carbons (Fsp3) is 0.625. The zero-order valence-corrected chi connectivity index (χ0v) is 12.7. The normalized spacial score (nSPS) is 17.2. The number of benzene rings is 1. The molecule has 1 saturated carbocycles. The first kappa shape index (κ1) is 14.8. The average molecular weight is 281 g/mol. The van der Waals surface area contributed by atoms with Crippen molar-refractivity contribution in [2.45, 2.75) is 45.2 Å². The summed E-state index contributed by atoms with van der Waals surface area (Å²) in [5, 5.41) is 0.772. The lowest BCUT2D eigenvalue weighted by molar-refractivity contribution is 0.205. The van der Waals surface area contributed by atoms with Crippen LogP contribution in [0.25, 0.3) is 0 Å². The maximum Gasteiger partial charge on any atom is 0.0406 e. The van der Waals surface area contributed by atoms with E-state index in [1.807, 2.05) is 24.3 Å². The van der Waals surface area contributed by atoms with E-state index in [1.165, 1.54) is 24.9 Å². The molecule has 2 rings (SSSR count). The number of rotatable bonds is 7. The quantitative estimate of drug-likeness (QED) is 0.822. The second-order valence-electron chi connectivity index (χ2n) is 5.98. The molecule has 2 nitrogen and oxygen atoms in total. The first-order valence-electron chi connectivity index (χ1n) is 7.31. The molecule has 1 atom stereocenters. The Labute approximate surface area is 121 Å². The minimum Gasteiger partial charge on any atom is -0.324 e. The molecule has 0 amide bonds. The van der Waals surface area contributed by atoms with Crippen molar-refractivity contribution in [2.24, 2.45) is 11.7 Å². The molecule has 0 heterocycles. The molecule has 106 valence electrons. The number of nitrogens with zero attached hydrogens (tertiary/aromatic N) is 1. The highest BCUT2D eigenvalue weighted by atomic mass is 35.5. The van der Waals surface area contributed by atoms with Crippen LogP contribution in [0.1, 0.15) is 44.7 Å². The topological polar surface area (TPSA) is 29.3 Å². The lowest BCUT2D eigenvalue weighted by atomic mass is 10.0. The Morgan fingerprint density at radius 1 is 1.26 bits per heavy atom. The highest BCUT2D eigenvalue weighted by Gasteiger charge is 2.25. The standard InChI is InChI=1S/C16H25ClN2/c1-12(2)19(11-13-3-4-13)10-9-16(18)14-5-7-15(17)8-6-14/h5-8,12-13,16H,3-4,9-11,18H2,1-2H3. The Hall–Kier alpha value is -0.570. The van der Waals surface area contributed by atoms with Gasteiger partial charge in [0.2, 0.25) is 0 Å². The number of hydrogen-bond acceptors (Lipinski definition) is 2. The van der Waals surface area contributed by atoms with Gasteiger partial charge < -0.3 is 10.6 Å². The third-order valence-corrected chi connectivity index (χ3v) is 4.20. The van der Waals surface area contributed by atoms with Gasteiger partial charge in [-0.05, 0) is 56.7 Å². The molecule has 0 saturated heterocycles. The van der Waals surface area contributed by atoms with Gasteiger partial charge in [0.25, 0.3) is 0 Å². The highest BCUT2D eigenvalue weighted by molar-refractivity contribution is 6.30. The summed E-state index contributed by atoms with van der Waals surface area (Å²) in [5.74, 6) is 0.939. The zero-order valence-electron chi connectivity index (χ0n) is 12.0. The summed E-state index contributed by atoms with van der Waals surface area (Å²) in [4.78, 5) is 2.56. The maximum atomic E-state index is 6.27. The van der Waals surface area contributed by atoms with Gasteiger partial charge in [0.15, 0.2) is 0 Å². The van der Waals surface area contributed by atoms with Gasteiger partial charge in [0, 0.05) is 30.2 Å². The summed E-state index contributed by atoms with van der Waals surface area (Å²) in [5.41, 5.74) is 7.45. The van der Waals surface area contributed by atoms with Crippen LogP contribution in [-0.2, 0) is 0 Å². The molecule has 19 heavy (non-hydrogen) atoms. The Morgan fingerprint density at radius 2 is 1.89 bits per heavy atom. The van der Waals surface area contributed by atoms with E-state index in [0.717, 1.165) is 23.9 Å².